The van der Waals surface area contributed by atoms with E-state index in [0.29, 0.717) is 24.8 Å². The number of aromatic hydroxyl groups is 1. The molecule has 1 aliphatic carbocycles. The zero-order chi connectivity index (χ0) is 18.1. The maximum Gasteiger partial charge on any atom is 0.352 e. The second kappa shape index (κ2) is 6.84. The Kier molecular flexibility index (Phi) is 4.39. The number of hydrogen-bond donors (Lipinski definition) is 3. The number of carboxylic acid groups (broad SMARTS) is 1. The van der Waals surface area contributed by atoms with E-state index in [2.05, 4.69) is 5.32 Å². The Labute approximate surface area is 151 Å². The van der Waals surface area contributed by atoms with Crippen molar-refractivity contribution in [1.29, 1.82) is 0 Å². The molecule has 1 aliphatic rings. The number of aromatic nitrogens is 1. The van der Waals surface area contributed by atoms with Crippen LogP contribution in [0.5, 0.6) is 5.75 Å². The summed E-state index contributed by atoms with van der Waals surface area (Å²) >= 11 is 0. The number of carboxylic acids is 1. The van der Waals surface area contributed by atoms with Crippen LogP contribution in [0.25, 0.3) is 10.9 Å². The SMILES string of the molecule is O=C(O)c1c(CNC2CCC2)c2ccccc2n1Cc1ccc(O)cc1. The minimum Gasteiger partial charge on any atom is -0.508 e. The van der Waals surface area contributed by atoms with Gasteiger partial charge in [0.25, 0.3) is 0 Å². The molecule has 1 saturated carbocycles. The lowest BCUT2D eigenvalue weighted by atomic mass is 9.93. The van der Waals surface area contributed by atoms with Crippen LogP contribution in [0.1, 0.15) is 40.9 Å². The average molecular weight is 350 g/mol. The van der Waals surface area contributed by atoms with Crippen LogP contribution in [-0.4, -0.2) is 26.8 Å². The molecule has 26 heavy (non-hydrogen) atoms. The molecule has 0 bridgehead atoms. The molecule has 0 saturated heterocycles. The Bertz CT molecular complexity index is 940. The number of benzene rings is 2. The van der Waals surface area contributed by atoms with Gasteiger partial charge in [0.15, 0.2) is 0 Å². The Morgan fingerprint density at radius 3 is 2.50 bits per heavy atom. The van der Waals surface area contributed by atoms with Crippen molar-refractivity contribution in [1.82, 2.24) is 9.88 Å². The fraction of sp³-hybridized carbons (Fsp3) is 0.286. The van der Waals surface area contributed by atoms with Gasteiger partial charge in [-0.25, -0.2) is 4.79 Å². The monoisotopic (exact) mass is 350 g/mol. The molecule has 3 aromatic rings. The van der Waals surface area contributed by atoms with Gasteiger partial charge in [0.05, 0.1) is 0 Å². The van der Waals surface area contributed by atoms with E-state index < -0.39 is 5.97 Å². The lowest BCUT2D eigenvalue weighted by molar-refractivity contribution is 0.0684. The minimum atomic E-state index is -0.912. The van der Waals surface area contributed by atoms with Gasteiger partial charge in [-0.15, -0.1) is 0 Å². The summed E-state index contributed by atoms with van der Waals surface area (Å²) in [5.74, 6) is -0.708. The number of hydrogen-bond acceptors (Lipinski definition) is 3. The van der Waals surface area contributed by atoms with E-state index in [0.717, 1.165) is 34.9 Å². The predicted octanol–water partition coefficient (Wildman–Crippen LogP) is 3.74. The second-order valence-electron chi connectivity index (χ2n) is 6.91. The van der Waals surface area contributed by atoms with Crippen LogP contribution in [0.15, 0.2) is 48.5 Å². The fourth-order valence-electron chi connectivity index (χ4n) is 3.61. The van der Waals surface area contributed by atoms with Crippen LogP contribution in [0.2, 0.25) is 0 Å². The number of nitrogens with zero attached hydrogens (tertiary/aromatic N) is 1. The summed E-state index contributed by atoms with van der Waals surface area (Å²) in [5.41, 5.74) is 3.05. The first-order valence-electron chi connectivity index (χ1n) is 8.98. The third-order valence-electron chi connectivity index (χ3n) is 5.23. The van der Waals surface area contributed by atoms with Crippen LogP contribution in [0.3, 0.4) is 0 Å². The largest absolute Gasteiger partial charge is 0.508 e. The predicted molar refractivity (Wildman–Crippen MR) is 101 cm³/mol. The maximum absolute atomic E-state index is 12.1. The van der Waals surface area contributed by atoms with Crippen molar-refractivity contribution in [3.8, 4) is 5.75 Å². The van der Waals surface area contributed by atoms with Crippen molar-refractivity contribution in [2.45, 2.75) is 38.4 Å². The number of para-hydroxylation sites is 1. The van der Waals surface area contributed by atoms with E-state index in [4.69, 9.17) is 0 Å². The van der Waals surface area contributed by atoms with Crippen molar-refractivity contribution in [2.75, 3.05) is 0 Å². The standard InChI is InChI=1S/C21H22N2O3/c24-16-10-8-14(9-11-16)13-23-19-7-2-1-6-17(19)18(20(23)21(25)26)12-22-15-4-3-5-15/h1-2,6-11,15,22,24H,3-5,12-13H2,(H,25,26). The van der Waals surface area contributed by atoms with Gasteiger partial charge in [0.2, 0.25) is 0 Å². The van der Waals surface area contributed by atoms with Gasteiger partial charge < -0.3 is 20.1 Å². The van der Waals surface area contributed by atoms with Crippen LogP contribution >= 0.6 is 0 Å². The molecule has 3 N–H and O–H groups in total. The molecule has 1 heterocycles. The molecule has 0 aliphatic heterocycles. The number of aromatic carboxylic acids is 1. The van der Waals surface area contributed by atoms with E-state index in [1.807, 2.05) is 41.0 Å². The number of fused-ring (bicyclic) bond motifs is 1. The summed E-state index contributed by atoms with van der Waals surface area (Å²) < 4.78 is 1.86. The van der Waals surface area contributed by atoms with Gasteiger partial charge in [0.1, 0.15) is 11.4 Å². The molecule has 2 aromatic carbocycles. The summed E-state index contributed by atoms with van der Waals surface area (Å²) in [6.45, 7) is 1.02. The van der Waals surface area contributed by atoms with Crippen molar-refractivity contribution in [3.05, 3.63) is 65.4 Å². The third-order valence-corrected chi connectivity index (χ3v) is 5.23. The van der Waals surface area contributed by atoms with Crippen LogP contribution < -0.4 is 5.32 Å². The Morgan fingerprint density at radius 1 is 1.12 bits per heavy atom. The molecule has 1 fully saturated rings. The number of phenols is 1. The molecule has 0 atom stereocenters. The number of carbonyl (C=O) groups is 1. The fourth-order valence-corrected chi connectivity index (χ4v) is 3.61. The molecule has 1 aromatic heterocycles. The highest BCUT2D eigenvalue weighted by molar-refractivity contribution is 5.98. The molecule has 0 unspecified atom stereocenters. The molecule has 5 nitrogen and oxygen atoms in total. The Balaban J connectivity index is 1.78. The molecule has 134 valence electrons. The molecule has 4 rings (SSSR count). The Hall–Kier alpha value is -2.79. The van der Waals surface area contributed by atoms with E-state index in [1.54, 1.807) is 12.1 Å². The maximum atomic E-state index is 12.1. The lowest BCUT2D eigenvalue weighted by Crippen LogP contribution is -2.34. The van der Waals surface area contributed by atoms with E-state index in [9.17, 15) is 15.0 Å². The van der Waals surface area contributed by atoms with Gasteiger partial charge in [0, 0.05) is 35.6 Å². The third kappa shape index (κ3) is 3.06. The van der Waals surface area contributed by atoms with E-state index in [-0.39, 0.29) is 5.75 Å². The summed E-state index contributed by atoms with van der Waals surface area (Å²) in [4.78, 5) is 12.1. The van der Waals surface area contributed by atoms with Gasteiger partial charge >= 0.3 is 5.97 Å². The topological polar surface area (TPSA) is 74.5 Å². The normalized spacial score (nSPS) is 14.5. The number of phenolic OH excluding ortho intramolecular Hbond substituents is 1. The molecule has 5 heteroatoms. The molecular weight excluding hydrogens is 328 g/mol. The van der Waals surface area contributed by atoms with Gasteiger partial charge in [-0.2, -0.15) is 0 Å². The lowest BCUT2D eigenvalue weighted by Gasteiger charge is -2.26. The smallest absolute Gasteiger partial charge is 0.352 e. The molecule has 0 spiro atoms. The number of nitrogens with one attached hydrogen (secondary N) is 1. The summed E-state index contributed by atoms with van der Waals surface area (Å²) in [6.07, 6.45) is 3.56. The van der Waals surface area contributed by atoms with Crippen molar-refractivity contribution in [3.63, 3.8) is 0 Å². The molecular formula is C21H22N2O3. The summed E-state index contributed by atoms with van der Waals surface area (Å²) in [7, 11) is 0. The zero-order valence-electron chi connectivity index (χ0n) is 14.5. The first kappa shape index (κ1) is 16.7. The van der Waals surface area contributed by atoms with E-state index >= 15 is 0 Å². The van der Waals surface area contributed by atoms with Crippen molar-refractivity contribution < 1.29 is 15.0 Å². The van der Waals surface area contributed by atoms with Crippen molar-refractivity contribution in [2.24, 2.45) is 0 Å². The second-order valence-corrected chi connectivity index (χ2v) is 6.91. The van der Waals surface area contributed by atoms with E-state index in [1.165, 1.54) is 6.42 Å². The highest BCUT2D eigenvalue weighted by atomic mass is 16.4. The van der Waals surface area contributed by atoms with Gasteiger partial charge in [-0.1, -0.05) is 36.8 Å². The highest BCUT2D eigenvalue weighted by Crippen LogP contribution is 2.29. The van der Waals surface area contributed by atoms with Crippen molar-refractivity contribution >= 4 is 16.9 Å². The van der Waals surface area contributed by atoms with Crippen LogP contribution in [0, 0.1) is 0 Å². The molecule has 0 amide bonds. The number of rotatable bonds is 6. The minimum absolute atomic E-state index is 0.204. The Morgan fingerprint density at radius 2 is 1.85 bits per heavy atom. The first-order chi connectivity index (χ1) is 12.6. The first-order valence-corrected chi connectivity index (χ1v) is 8.98. The average Bonchev–Trinajstić information content (AvgIpc) is 2.90. The highest BCUT2D eigenvalue weighted by Gasteiger charge is 2.24. The zero-order valence-corrected chi connectivity index (χ0v) is 14.5. The molecule has 0 radical (unpaired) electrons. The van der Waals surface area contributed by atoms with Gasteiger partial charge in [-0.3, -0.25) is 0 Å². The van der Waals surface area contributed by atoms with Crippen LogP contribution in [0.4, 0.5) is 0 Å². The quantitative estimate of drug-likeness (QED) is 0.633. The van der Waals surface area contributed by atoms with Gasteiger partial charge in [-0.05, 0) is 36.6 Å². The summed E-state index contributed by atoms with van der Waals surface area (Å²) in [5, 5.41) is 23.9. The summed E-state index contributed by atoms with van der Waals surface area (Å²) in [6, 6.07) is 15.2. The van der Waals surface area contributed by atoms with Crippen LogP contribution in [-0.2, 0) is 13.1 Å².